The normalized spacial score (nSPS) is 17.0. The Morgan fingerprint density at radius 2 is 1.54 bits per heavy atom. The SMILES string of the molecule is O=C(N[C@H](CC[C@@H](CC(=O)[C@H](CCN1CCOCC1)NC(=O)N1CCCC1)Cc1ccccc1)Cc1ccccc1)OCc1cncs1. The second-order valence-electron chi connectivity index (χ2n) is 12.8. The van der Waals surface area contributed by atoms with Crippen LogP contribution >= 0.6 is 11.3 Å². The number of aromatic nitrogens is 1. The van der Waals surface area contributed by atoms with Gasteiger partial charge >= 0.3 is 12.1 Å². The Balaban J connectivity index is 1.26. The van der Waals surface area contributed by atoms with E-state index in [1.54, 1.807) is 11.7 Å². The third-order valence-electron chi connectivity index (χ3n) is 9.17. The van der Waals surface area contributed by atoms with Crippen molar-refractivity contribution in [2.24, 2.45) is 5.92 Å². The molecule has 3 atom stereocenters. The zero-order chi connectivity index (χ0) is 33.4. The first-order chi connectivity index (χ1) is 23.5. The molecule has 0 spiro atoms. The number of ketones is 1. The Morgan fingerprint density at radius 1 is 0.854 bits per heavy atom. The van der Waals surface area contributed by atoms with Gasteiger partial charge in [0.05, 0.1) is 29.6 Å². The van der Waals surface area contributed by atoms with Gasteiger partial charge in [0.15, 0.2) is 5.78 Å². The largest absolute Gasteiger partial charge is 0.444 e. The van der Waals surface area contributed by atoms with Gasteiger partial charge in [-0.25, -0.2) is 9.59 Å². The van der Waals surface area contributed by atoms with Gasteiger partial charge in [-0.05, 0) is 62.0 Å². The van der Waals surface area contributed by atoms with Gasteiger partial charge in [-0.3, -0.25) is 14.7 Å². The lowest BCUT2D eigenvalue weighted by Crippen LogP contribution is -2.49. The number of urea groups is 1. The van der Waals surface area contributed by atoms with Crippen molar-refractivity contribution < 1.29 is 23.9 Å². The number of amides is 3. The summed E-state index contributed by atoms with van der Waals surface area (Å²) in [6.07, 6.45) is 6.92. The van der Waals surface area contributed by atoms with E-state index in [0.29, 0.717) is 38.9 Å². The molecule has 2 fully saturated rings. The lowest BCUT2D eigenvalue weighted by molar-refractivity contribution is -0.122. The first-order valence-electron chi connectivity index (χ1n) is 17.3. The number of benzene rings is 2. The van der Waals surface area contributed by atoms with Crippen molar-refractivity contribution in [3.8, 4) is 0 Å². The minimum absolute atomic E-state index is 0.0303. The van der Waals surface area contributed by atoms with E-state index in [1.165, 1.54) is 11.3 Å². The Morgan fingerprint density at radius 3 is 2.21 bits per heavy atom. The summed E-state index contributed by atoms with van der Waals surface area (Å²) in [5.41, 5.74) is 4.00. The standard InChI is InChI=1S/C37H49N5O5S/c43-35(34(15-18-41-19-21-46-22-20-41)40-36(44)42-16-7-8-17-42)25-31(23-29-9-3-1-4-10-29)13-14-32(24-30-11-5-2-6-12-30)39-37(45)47-27-33-26-38-28-48-33/h1-6,9-12,26,28,31-32,34H,7-8,13-25,27H2,(H,39,45)(H,40,44)/t31-,32-,34+/m1/s1. The van der Waals surface area contributed by atoms with E-state index in [9.17, 15) is 14.4 Å². The Labute approximate surface area is 288 Å². The van der Waals surface area contributed by atoms with Gasteiger partial charge in [0.25, 0.3) is 0 Å². The fraction of sp³-hybridized carbons (Fsp3) is 0.514. The maximum atomic E-state index is 14.1. The molecule has 2 N–H and O–H groups in total. The van der Waals surface area contributed by atoms with Gasteiger partial charge < -0.3 is 25.0 Å². The number of thiazole rings is 1. The van der Waals surface area contributed by atoms with Crippen LogP contribution in [0.3, 0.4) is 0 Å². The summed E-state index contributed by atoms with van der Waals surface area (Å²) in [6, 6.07) is 19.5. The molecule has 3 aromatic rings. The van der Waals surface area contributed by atoms with E-state index in [2.05, 4.69) is 44.8 Å². The zero-order valence-electron chi connectivity index (χ0n) is 27.8. The molecule has 0 saturated carbocycles. The predicted octanol–water partition coefficient (Wildman–Crippen LogP) is 5.48. The second-order valence-corrected chi connectivity index (χ2v) is 13.8. The van der Waals surface area contributed by atoms with Crippen LogP contribution in [0.4, 0.5) is 9.59 Å². The lowest BCUT2D eigenvalue weighted by Gasteiger charge is -2.29. The number of likely N-dealkylation sites (tertiary alicyclic amines) is 1. The van der Waals surface area contributed by atoms with Crippen LogP contribution in [0.15, 0.2) is 72.4 Å². The van der Waals surface area contributed by atoms with Gasteiger partial charge in [-0.15, -0.1) is 11.3 Å². The summed E-state index contributed by atoms with van der Waals surface area (Å²) in [5, 5.41) is 6.22. The van der Waals surface area contributed by atoms with Crippen LogP contribution < -0.4 is 10.6 Å². The third-order valence-corrected chi connectivity index (χ3v) is 9.93. The van der Waals surface area contributed by atoms with Crippen molar-refractivity contribution in [1.29, 1.82) is 0 Å². The number of hydrogen-bond donors (Lipinski definition) is 2. The number of nitrogens with one attached hydrogen (secondary N) is 2. The molecule has 2 aliphatic heterocycles. The van der Waals surface area contributed by atoms with Gasteiger partial charge in [0.1, 0.15) is 6.61 Å². The van der Waals surface area contributed by atoms with Gasteiger partial charge in [0.2, 0.25) is 0 Å². The van der Waals surface area contributed by atoms with E-state index in [1.807, 2.05) is 41.3 Å². The van der Waals surface area contributed by atoms with Crippen LogP contribution in [0.2, 0.25) is 0 Å². The van der Waals surface area contributed by atoms with Gasteiger partial charge in [-0.1, -0.05) is 60.7 Å². The van der Waals surface area contributed by atoms with Crippen molar-refractivity contribution in [3.05, 3.63) is 88.4 Å². The molecule has 0 aliphatic carbocycles. The molecule has 0 bridgehead atoms. The highest BCUT2D eigenvalue weighted by atomic mass is 32.1. The van der Waals surface area contributed by atoms with E-state index >= 15 is 0 Å². The Bertz CT molecular complexity index is 1380. The molecule has 48 heavy (non-hydrogen) atoms. The highest BCUT2D eigenvalue weighted by Crippen LogP contribution is 2.23. The first-order valence-corrected chi connectivity index (χ1v) is 18.2. The number of Topliss-reactive ketones (excluding diaryl/α,β-unsaturated/α-hetero) is 1. The summed E-state index contributed by atoms with van der Waals surface area (Å²) >= 11 is 1.45. The molecule has 11 heteroatoms. The molecule has 0 unspecified atom stereocenters. The number of morpholine rings is 1. The first kappa shape index (κ1) is 35.5. The van der Waals surface area contributed by atoms with Crippen molar-refractivity contribution in [1.82, 2.24) is 25.4 Å². The number of rotatable bonds is 17. The molecule has 3 amide bonds. The Kier molecular flexibility index (Phi) is 14.2. The molecule has 0 radical (unpaired) electrons. The van der Waals surface area contributed by atoms with Crippen LogP contribution in [0.25, 0.3) is 0 Å². The summed E-state index contributed by atoms with van der Waals surface area (Å²) in [5.74, 6) is 0.0936. The topological polar surface area (TPSA) is 113 Å². The van der Waals surface area contributed by atoms with E-state index in [-0.39, 0.29) is 30.4 Å². The van der Waals surface area contributed by atoms with E-state index in [4.69, 9.17) is 9.47 Å². The molecule has 2 aromatic carbocycles. The second kappa shape index (κ2) is 19.3. The summed E-state index contributed by atoms with van der Waals surface area (Å²) in [6.45, 7) is 5.42. The van der Waals surface area contributed by atoms with Crippen LogP contribution in [0.5, 0.6) is 0 Å². The molecule has 3 heterocycles. The number of hydrogen-bond acceptors (Lipinski definition) is 8. The quantitative estimate of drug-likeness (QED) is 0.195. The maximum Gasteiger partial charge on any atom is 0.407 e. The van der Waals surface area contributed by atoms with E-state index in [0.717, 1.165) is 74.4 Å². The lowest BCUT2D eigenvalue weighted by atomic mass is 9.86. The summed E-state index contributed by atoms with van der Waals surface area (Å²) in [7, 11) is 0. The minimum atomic E-state index is -0.556. The number of ether oxygens (including phenoxy) is 2. The average molecular weight is 676 g/mol. The van der Waals surface area contributed by atoms with Crippen molar-refractivity contribution >= 4 is 29.2 Å². The molecule has 258 valence electrons. The zero-order valence-corrected chi connectivity index (χ0v) is 28.6. The predicted molar refractivity (Wildman–Crippen MR) is 187 cm³/mol. The van der Waals surface area contributed by atoms with Crippen LogP contribution in [-0.2, 0) is 33.7 Å². The van der Waals surface area contributed by atoms with Crippen molar-refractivity contribution in [2.75, 3.05) is 45.9 Å². The minimum Gasteiger partial charge on any atom is -0.444 e. The van der Waals surface area contributed by atoms with Crippen molar-refractivity contribution in [3.63, 3.8) is 0 Å². The molecular weight excluding hydrogens is 627 g/mol. The molecule has 1 aromatic heterocycles. The van der Waals surface area contributed by atoms with Crippen LogP contribution in [0, 0.1) is 5.92 Å². The Hall–Kier alpha value is -3.80. The van der Waals surface area contributed by atoms with Crippen molar-refractivity contribution in [2.45, 2.75) is 70.1 Å². The summed E-state index contributed by atoms with van der Waals surface area (Å²) in [4.78, 5) is 49.3. The molecule has 10 nitrogen and oxygen atoms in total. The smallest absolute Gasteiger partial charge is 0.407 e. The van der Waals surface area contributed by atoms with Gasteiger partial charge in [0, 0.05) is 51.4 Å². The fourth-order valence-electron chi connectivity index (χ4n) is 6.48. The van der Waals surface area contributed by atoms with Crippen LogP contribution in [-0.4, -0.2) is 90.7 Å². The summed E-state index contributed by atoms with van der Waals surface area (Å²) < 4.78 is 11.0. The molecule has 2 aliphatic rings. The third kappa shape index (κ3) is 12.0. The average Bonchev–Trinajstić information content (AvgIpc) is 3.85. The highest BCUT2D eigenvalue weighted by Gasteiger charge is 2.28. The fourth-order valence-corrected chi connectivity index (χ4v) is 6.99. The maximum absolute atomic E-state index is 14.1. The number of alkyl carbamates (subject to hydrolysis) is 1. The van der Waals surface area contributed by atoms with E-state index < -0.39 is 12.1 Å². The van der Waals surface area contributed by atoms with Crippen LogP contribution in [0.1, 0.15) is 54.5 Å². The van der Waals surface area contributed by atoms with Gasteiger partial charge in [-0.2, -0.15) is 0 Å². The molecule has 2 saturated heterocycles. The monoisotopic (exact) mass is 675 g/mol. The molecular formula is C37H49N5O5S. The number of carbonyl (C=O) groups is 3. The number of nitrogens with zero attached hydrogens (tertiary/aromatic N) is 3. The number of carbonyl (C=O) groups excluding carboxylic acids is 3. The highest BCUT2D eigenvalue weighted by molar-refractivity contribution is 7.09. The molecule has 5 rings (SSSR count).